The molecule has 0 saturated heterocycles. The SMILES string of the molecule is C[C@H]1CN([C@@H](C)CO)S(=O)(=O)c2ccc(C#CC3(O)CCCC3)cc2O[C@@H]1CN(C)C(=O)Nc1ccccc1. The van der Waals surface area contributed by atoms with Gasteiger partial charge in [-0.25, -0.2) is 13.2 Å². The lowest BCUT2D eigenvalue weighted by Crippen LogP contribution is -2.50. The van der Waals surface area contributed by atoms with E-state index in [4.69, 9.17) is 4.74 Å². The van der Waals surface area contributed by atoms with Crippen LogP contribution in [-0.2, 0) is 10.0 Å². The van der Waals surface area contributed by atoms with Crippen LogP contribution in [0.15, 0.2) is 53.4 Å². The summed E-state index contributed by atoms with van der Waals surface area (Å²) in [5.74, 6) is 5.76. The fraction of sp³-hybridized carbons (Fsp3) is 0.483. The molecule has 0 spiro atoms. The molecule has 1 aliphatic heterocycles. The van der Waals surface area contributed by atoms with E-state index in [1.165, 1.54) is 15.3 Å². The molecule has 3 atom stereocenters. The Labute approximate surface area is 230 Å². The van der Waals surface area contributed by atoms with Crippen molar-refractivity contribution in [1.82, 2.24) is 9.21 Å². The second kappa shape index (κ2) is 12.0. The van der Waals surface area contributed by atoms with Crippen molar-refractivity contribution < 1.29 is 28.2 Å². The monoisotopic (exact) mass is 555 g/mol. The summed E-state index contributed by atoms with van der Waals surface area (Å²) in [6.07, 6.45) is 2.50. The second-order valence-electron chi connectivity index (χ2n) is 10.6. The van der Waals surface area contributed by atoms with Crippen LogP contribution in [0.4, 0.5) is 10.5 Å². The fourth-order valence-corrected chi connectivity index (χ4v) is 6.71. The lowest BCUT2D eigenvalue weighted by Gasteiger charge is -2.37. The average molecular weight is 556 g/mol. The molecule has 1 saturated carbocycles. The molecule has 0 aromatic heterocycles. The number of ether oxygens (including phenoxy) is 1. The van der Waals surface area contributed by atoms with Gasteiger partial charge in [-0.15, -0.1) is 0 Å². The molecule has 2 aromatic rings. The van der Waals surface area contributed by atoms with Crippen LogP contribution < -0.4 is 10.1 Å². The number of benzene rings is 2. The van der Waals surface area contributed by atoms with Gasteiger partial charge in [0.05, 0.1) is 13.2 Å². The number of likely N-dealkylation sites (N-methyl/N-ethyl adjacent to an activating group) is 1. The molecule has 0 unspecified atom stereocenters. The van der Waals surface area contributed by atoms with Gasteiger partial charge in [0.15, 0.2) is 0 Å². The molecule has 3 N–H and O–H groups in total. The Morgan fingerprint density at radius 2 is 1.92 bits per heavy atom. The van der Waals surface area contributed by atoms with Gasteiger partial charge in [0, 0.05) is 36.8 Å². The number of fused-ring (bicyclic) bond motifs is 1. The number of nitrogens with zero attached hydrogens (tertiary/aromatic N) is 2. The van der Waals surface area contributed by atoms with Crippen LogP contribution in [0.3, 0.4) is 0 Å². The molecule has 39 heavy (non-hydrogen) atoms. The third kappa shape index (κ3) is 6.73. The van der Waals surface area contributed by atoms with Gasteiger partial charge in [0.25, 0.3) is 0 Å². The van der Waals surface area contributed by atoms with Gasteiger partial charge in [0.1, 0.15) is 22.4 Å². The molecular weight excluding hydrogens is 518 g/mol. The minimum absolute atomic E-state index is 0.0266. The highest BCUT2D eigenvalue weighted by molar-refractivity contribution is 7.89. The van der Waals surface area contributed by atoms with E-state index in [1.807, 2.05) is 25.1 Å². The summed E-state index contributed by atoms with van der Waals surface area (Å²) in [5.41, 5.74) is 0.150. The van der Waals surface area contributed by atoms with Gasteiger partial charge in [0.2, 0.25) is 10.0 Å². The molecule has 2 aromatic carbocycles. The van der Waals surface area contributed by atoms with Crippen LogP contribution in [0.2, 0.25) is 0 Å². The molecule has 10 heteroatoms. The van der Waals surface area contributed by atoms with Crippen molar-refractivity contribution in [3.05, 3.63) is 54.1 Å². The van der Waals surface area contributed by atoms with E-state index in [0.29, 0.717) is 24.1 Å². The average Bonchev–Trinajstić information content (AvgIpc) is 3.36. The van der Waals surface area contributed by atoms with Crippen molar-refractivity contribution in [2.75, 3.05) is 32.1 Å². The number of hydrogen-bond acceptors (Lipinski definition) is 6. The first-order chi connectivity index (χ1) is 18.5. The van der Waals surface area contributed by atoms with E-state index < -0.39 is 27.8 Å². The van der Waals surface area contributed by atoms with E-state index in [0.717, 1.165) is 12.8 Å². The maximum Gasteiger partial charge on any atom is 0.321 e. The first-order valence-corrected chi connectivity index (χ1v) is 14.7. The number of para-hydroxylation sites is 1. The second-order valence-corrected chi connectivity index (χ2v) is 12.4. The summed E-state index contributed by atoms with van der Waals surface area (Å²) in [7, 11) is -2.34. The van der Waals surface area contributed by atoms with Crippen LogP contribution >= 0.6 is 0 Å². The van der Waals surface area contributed by atoms with Crippen molar-refractivity contribution >= 4 is 21.7 Å². The summed E-state index contributed by atoms with van der Waals surface area (Å²) in [5, 5.41) is 23.3. The number of rotatable bonds is 5. The quantitative estimate of drug-likeness (QED) is 0.488. The molecule has 210 valence electrons. The van der Waals surface area contributed by atoms with Gasteiger partial charge in [-0.2, -0.15) is 4.31 Å². The van der Waals surface area contributed by atoms with Gasteiger partial charge < -0.3 is 25.2 Å². The summed E-state index contributed by atoms with van der Waals surface area (Å²) in [4.78, 5) is 14.4. The summed E-state index contributed by atoms with van der Waals surface area (Å²) in [6, 6.07) is 12.8. The molecule has 1 aliphatic carbocycles. The van der Waals surface area contributed by atoms with Crippen LogP contribution in [0.25, 0.3) is 0 Å². The number of aliphatic hydroxyl groups is 2. The third-order valence-electron chi connectivity index (χ3n) is 7.36. The molecule has 2 amide bonds. The number of hydrogen-bond donors (Lipinski definition) is 3. The van der Waals surface area contributed by atoms with Crippen LogP contribution in [-0.4, -0.2) is 78.4 Å². The molecule has 1 fully saturated rings. The minimum Gasteiger partial charge on any atom is -0.487 e. The largest absolute Gasteiger partial charge is 0.487 e. The molecule has 0 radical (unpaired) electrons. The van der Waals surface area contributed by atoms with E-state index in [2.05, 4.69) is 17.2 Å². The highest BCUT2D eigenvalue weighted by Gasteiger charge is 2.38. The maximum atomic E-state index is 13.7. The number of anilines is 1. The zero-order valence-corrected chi connectivity index (χ0v) is 23.4. The van der Waals surface area contributed by atoms with E-state index in [1.54, 1.807) is 38.2 Å². The van der Waals surface area contributed by atoms with E-state index in [9.17, 15) is 23.4 Å². The Hall–Kier alpha value is -3.10. The summed E-state index contributed by atoms with van der Waals surface area (Å²) in [6.45, 7) is 3.48. The number of amides is 2. The number of nitrogens with one attached hydrogen (secondary N) is 1. The van der Waals surface area contributed by atoms with Gasteiger partial charge >= 0.3 is 6.03 Å². The number of carbonyl (C=O) groups is 1. The predicted molar refractivity (Wildman–Crippen MR) is 149 cm³/mol. The Bertz CT molecular complexity index is 1330. The van der Waals surface area contributed by atoms with Gasteiger partial charge in [-0.05, 0) is 62.9 Å². The molecule has 9 nitrogen and oxygen atoms in total. The number of aliphatic hydroxyl groups excluding tert-OH is 1. The van der Waals surface area contributed by atoms with Crippen molar-refractivity contribution in [1.29, 1.82) is 0 Å². The first-order valence-electron chi connectivity index (χ1n) is 13.3. The molecule has 2 aliphatic rings. The van der Waals surface area contributed by atoms with Crippen molar-refractivity contribution in [2.45, 2.75) is 62.2 Å². The fourth-order valence-electron chi connectivity index (χ4n) is 4.89. The van der Waals surface area contributed by atoms with Crippen molar-refractivity contribution in [2.24, 2.45) is 5.92 Å². The minimum atomic E-state index is -4.00. The van der Waals surface area contributed by atoms with Crippen molar-refractivity contribution in [3.63, 3.8) is 0 Å². The van der Waals surface area contributed by atoms with Crippen LogP contribution in [0, 0.1) is 17.8 Å². The highest BCUT2D eigenvalue weighted by atomic mass is 32.2. The smallest absolute Gasteiger partial charge is 0.321 e. The Kier molecular flexibility index (Phi) is 8.86. The predicted octanol–water partition coefficient (Wildman–Crippen LogP) is 3.28. The zero-order chi connectivity index (χ0) is 28.2. The molecule has 1 heterocycles. The number of sulfonamides is 1. The Morgan fingerprint density at radius 1 is 1.23 bits per heavy atom. The zero-order valence-electron chi connectivity index (χ0n) is 22.6. The lowest BCUT2D eigenvalue weighted by molar-refractivity contribution is 0.0830. The standard InChI is InChI=1S/C29H37N3O6S/c1-21-18-32(22(2)20-33)39(36,37)27-12-11-23(13-16-29(35)14-7-8-15-29)17-25(27)38-26(21)19-31(3)28(34)30-24-9-5-4-6-10-24/h4-6,9-12,17,21-22,26,33,35H,7-8,14-15,18-20H2,1-3H3,(H,30,34)/t21-,22-,26+/m0/s1. The van der Waals surface area contributed by atoms with Crippen LogP contribution in [0.5, 0.6) is 5.75 Å². The third-order valence-corrected chi connectivity index (χ3v) is 9.38. The molecule has 4 rings (SSSR count). The summed E-state index contributed by atoms with van der Waals surface area (Å²) < 4.78 is 35.0. The molecule has 0 bridgehead atoms. The Balaban J connectivity index is 1.66. The van der Waals surface area contributed by atoms with Gasteiger partial charge in [-0.1, -0.05) is 37.0 Å². The number of carbonyl (C=O) groups excluding carboxylic acids is 1. The molecular formula is C29H37N3O6S. The topological polar surface area (TPSA) is 119 Å². The van der Waals surface area contributed by atoms with Crippen LogP contribution in [0.1, 0.15) is 45.1 Å². The highest BCUT2D eigenvalue weighted by Crippen LogP contribution is 2.34. The normalized spacial score (nSPS) is 22.7. The first kappa shape index (κ1) is 28.9. The van der Waals surface area contributed by atoms with Crippen molar-refractivity contribution in [3.8, 4) is 17.6 Å². The Morgan fingerprint density at radius 3 is 2.59 bits per heavy atom. The number of urea groups is 1. The maximum absolute atomic E-state index is 13.7. The van der Waals surface area contributed by atoms with E-state index >= 15 is 0 Å². The van der Waals surface area contributed by atoms with E-state index in [-0.39, 0.29) is 42.3 Å². The lowest BCUT2D eigenvalue weighted by atomic mass is 10.0. The van der Waals surface area contributed by atoms with Gasteiger partial charge in [-0.3, -0.25) is 0 Å². The summed E-state index contributed by atoms with van der Waals surface area (Å²) >= 11 is 0.